The molecule has 2 aromatic carbocycles. The van der Waals surface area contributed by atoms with Crippen molar-refractivity contribution in [2.24, 2.45) is 0 Å². The Morgan fingerprint density at radius 1 is 1.11 bits per heavy atom. The Kier molecular flexibility index (Phi) is 7.03. The highest BCUT2D eigenvalue weighted by Crippen LogP contribution is 2.31. The molecule has 0 aliphatic carbocycles. The molecule has 0 heterocycles. The monoisotopic (exact) mass is 416 g/mol. The van der Waals surface area contributed by atoms with Gasteiger partial charge in [0.25, 0.3) is 5.91 Å². The van der Waals surface area contributed by atoms with Crippen molar-refractivity contribution in [3.63, 3.8) is 0 Å². The van der Waals surface area contributed by atoms with Crippen molar-refractivity contribution in [3.05, 3.63) is 59.7 Å². The van der Waals surface area contributed by atoms with Crippen molar-refractivity contribution in [1.82, 2.24) is 10.0 Å². The summed E-state index contributed by atoms with van der Waals surface area (Å²) in [6, 6.07) is 9.80. The summed E-state index contributed by atoms with van der Waals surface area (Å²) in [6.07, 6.45) is -4.46. The second kappa shape index (κ2) is 9.07. The fourth-order valence-electron chi connectivity index (χ4n) is 2.26. The van der Waals surface area contributed by atoms with Crippen LogP contribution in [0.1, 0.15) is 22.8 Å². The molecule has 0 atom stereocenters. The smallest absolute Gasteiger partial charge is 0.416 e. The van der Waals surface area contributed by atoms with E-state index in [9.17, 15) is 26.4 Å². The second-order valence-electron chi connectivity index (χ2n) is 5.66. The van der Waals surface area contributed by atoms with Crippen molar-refractivity contribution in [2.75, 3.05) is 19.7 Å². The van der Waals surface area contributed by atoms with E-state index in [1.165, 1.54) is 36.4 Å². The first-order valence-corrected chi connectivity index (χ1v) is 9.80. The first-order chi connectivity index (χ1) is 13.1. The van der Waals surface area contributed by atoms with Gasteiger partial charge in [-0.2, -0.15) is 13.2 Å². The molecule has 0 spiro atoms. The largest absolute Gasteiger partial charge is 0.492 e. The van der Waals surface area contributed by atoms with Crippen LogP contribution in [0.15, 0.2) is 53.4 Å². The van der Waals surface area contributed by atoms with Crippen LogP contribution in [0.3, 0.4) is 0 Å². The molecule has 152 valence electrons. The van der Waals surface area contributed by atoms with E-state index < -0.39 is 27.7 Å². The first kappa shape index (κ1) is 21.7. The van der Waals surface area contributed by atoms with E-state index in [1.54, 1.807) is 6.92 Å². The summed E-state index contributed by atoms with van der Waals surface area (Å²) in [7, 11) is -3.60. The molecule has 6 nitrogen and oxygen atoms in total. The van der Waals surface area contributed by atoms with Gasteiger partial charge in [0.15, 0.2) is 0 Å². The number of carbonyl (C=O) groups is 1. The van der Waals surface area contributed by atoms with Crippen LogP contribution in [0, 0.1) is 0 Å². The maximum Gasteiger partial charge on any atom is 0.416 e. The topological polar surface area (TPSA) is 84.5 Å². The molecule has 0 unspecified atom stereocenters. The second-order valence-corrected chi connectivity index (χ2v) is 7.42. The van der Waals surface area contributed by atoms with Gasteiger partial charge < -0.3 is 10.1 Å². The Morgan fingerprint density at radius 3 is 2.39 bits per heavy atom. The standard InChI is InChI=1S/C18H19F3N2O4S/c1-2-23-28(25,26)16-8-6-13(7-9-16)17(24)22-10-11-27-15-5-3-4-14(12-15)18(19,20)21/h3-9,12,23H,2,10-11H2,1H3,(H,22,24). The number of carbonyl (C=O) groups excluding carboxylic acids is 1. The third-order valence-corrected chi connectivity index (χ3v) is 5.14. The molecule has 0 saturated carbocycles. The summed E-state index contributed by atoms with van der Waals surface area (Å²) in [5.74, 6) is -0.415. The van der Waals surface area contributed by atoms with Crippen molar-refractivity contribution in [1.29, 1.82) is 0 Å². The molecule has 10 heteroatoms. The van der Waals surface area contributed by atoms with Gasteiger partial charge >= 0.3 is 6.18 Å². The molecular formula is C18H19F3N2O4S. The van der Waals surface area contributed by atoms with Gasteiger partial charge in [0.05, 0.1) is 17.0 Å². The van der Waals surface area contributed by atoms with Gasteiger partial charge in [0, 0.05) is 12.1 Å². The summed E-state index contributed by atoms with van der Waals surface area (Å²) in [5, 5.41) is 2.55. The van der Waals surface area contributed by atoms with Crippen LogP contribution in [-0.2, 0) is 16.2 Å². The molecule has 0 radical (unpaired) electrons. The lowest BCUT2D eigenvalue weighted by atomic mass is 10.2. The minimum absolute atomic E-state index is 0.0278. The van der Waals surface area contributed by atoms with Crippen LogP contribution in [0.25, 0.3) is 0 Å². The van der Waals surface area contributed by atoms with Crippen LogP contribution in [0.4, 0.5) is 13.2 Å². The number of hydrogen-bond acceptors (Lipinski definition) is 4. The molecule has 0 fully saturated rings. The molecule has 0 aromatic heterocycles. The summed E-state index contributed by atoms with van der Waals surface area (Å²) >= 11 is 0. The number of alkyl halides is 3. The molecule has 0 aliphatic rings. The number of rotatable bonds is 8. The van der Waals surface area contributed by atoms with Gasteiger partial charge in [0.1, 0.15) is 12.4 Å². The van der Waals surface area contributed by atoms with Crippen molar-refractivity contribution in [2.45, 2.75) is 18.0 Å². The minimum Gasteiger partial charge on any atom is -0.492 e. The van der Waals surface area contributed by atoms with Gasteiger partial charge in [-0.15, -0.1) is 0 Å². The van der Waals surface area contributed by atoms with Crippen LogP contribution in [0.5, 0.6) is 5.75 Å². The van der Waals surface area contributed by atoms with Crippen molar-refractivity contribution >= 4 is 15.9 Å². The number of benzene rings is 2. The lowest BCUT2D eigenvalue weighted by Crippen LogP contribution is -2.28. The van der Waals surface area contributed by atoms with Gasteiger partial charge in [-0.3, -0.25) is 4.79 Å². The highest BCUT2D eigenvalue weighted by molar-refractivity contribution is 7.89. The normalized spacial score (nSPS) is 11.9. The number of hydrogen-bond donors (Lipinski definition) is 2. The van der Waals surface area contributed by atoms with E-state index in [0.717, 1.165) is 12.1 Å². The Bertz CT molecular complexity index is 913. The first-order valence-electron chi connectivity index (χ1n) is 8.31. The third-order valence-electron chi connectivity index (χ3n) is 3.58. The van der Waals surface area contributed by atoms with Gasteiger partial charge in [-0.05, 0) is 42.5 Å². The number of ether oxygens (including phenoxy) is 1. The number of amides is 1. The number of halogens is 3. The fraction of sp³-hybridized carbons (Fsp3) is 0.278. The molecule has 1 amide bonds. The summed E-state index contributed by atoms with van der Waals surface area (Å²) in [5.41, 5.74) is -0.573. The molecule has 28 heavy (non-hydrogen) atoms. The van der Waals surface area contributed by atoms with E-state index >= 15 is 0 Å². The van der Waals surface area contributed by atoms with E-state index in [1.807, 2.05) is 0 Å². The maximum atomic E-state index is 12.6. The predicted octanol–water partition coefficient (Wildman–Crippen LogP) is 2.81. The van der Waals surface area contributed by atoms with Crippen molar-refractivity contribution < 1.29 is 31.1 Å². The van der Waals surface area contributed by atoms with E-state index in [0.29, 0.717) is 0 Å². The highest BCUT2D eigenvalue weighted by atomic mass is 32.2. The fourth-order valence-corrected chi connectivity index (χ4v) is 3.30. The zero-order valence-electron chi connectivity index (χ0n) is 14.9. The lowest BCUT2D eigenvalue weighted by Gasteiger charge is -2.11. The zero-order valence-corrected chi connectivity index (χ0v) is 15.7. The van der Waals surface area contributed by atoms with Gasteiger partial charge in [0.2, 0.25) is 10.0 Å². The summed E-state index contributed by atoms with van der Waals surface area (Å²) < 4.78 is 69.2. The average molecular weight is 416 g/mol. The highest BCUT2D eigenvalue weighted by Gasteiger charge is 2.30. The molecule has 2 N–H and O–H groups in total. The van der Waals surface area contributed by atoms with E-state index in [-0.39, 0.29) is 35.9 Å². The predicted molar refractivity (Wildman–Crippen MR) is 96.6 cm³/mol. The Hall–Kier alpha value is -2.59. The zero-order chi connectivity index (χ0) is 20.8. The van der Waals surface area contributed by atoms with Crippen molar-refractivity contribution in [3.8, 4) is 5.75 Å². The Labute approximate surface area is 160 Å². The Balaban J connectivity index is 1.86. The SMILES string of the molecule is CCNS(=O)(=O)c1ccc(C(=O)NCCOc2cccc(C(F)(F)F)c2)cc1. The molecule has 2 aromatic rings. The average Bonchev–Trinajstić information content (AvgIpc) is 2.65. The number of nitrogens with one attached hydrogen (secondary N) is 2. The van der Waals surface area contributed by atoms with Crippen LogP contribution >= 0.6 is 0 Å². The quantitative estimate of drug-likeness (QED) is 0.648. The summed E-state index contributed by atoms with van der Waals surface area (Å²) in [6.45, 7) is 1.93. The molecule has 0 saturated heterocycles. The maximum absolute atomic E-state index is 12.6. The van der Waals surface area contributed by atoms with Gasteiger partial charge in [-0.1, -0.05) is 13.0 Å². The molecule has 0 aliphatic heterocycles. The third kappa shape index (κ3) is 5.96. The lowest BCUT2D eigenvalue weighted by molar-refractivity contribution is -0.137. The van der Waals surface area contributed by atoms with E-state index in [2.05, 4.69) is 10.0 Å². The van der Waals surface area contributed by atoms with Gasteiger partial charge in [-0.25, -0.2) is 13.1 Å². The minimum atomic E-state index is -4.46. The van der Waals surface area contributed by atoms with E-state index in [4.69, 9.17) is 4.74 Å². The Morgan fingerprint density at radius 2 is 1.79 bits per heavy atom. The molecular weight excluding hydrogens is 397 g/mol. The summed E-state index contributed by atoms with van der Waals surface area (Å²) in [4.78, 5) is 12.1. The molecule has 0 bridgehead atoms. The van der Waals surface area contributed by atoms with Crippen LogP contribution in [0.2, 0.25) is 0 Å². The number of sulfonamides is 1. The van der Waals surface area contributed by atoms with Crippen LogP contribution in [-0.4, -0.2) is 34.0 Å². The van der Waals surface area contributed by atoms with Crippen LogP contribution < -0.4 is 14.8 Å². The molecule has 2 rings (SSSR count).